The van der Waals surface area contributed by atoms with Crippen molar-refractivity contribution in [3.05, 3.63) is 48.3 Å². The van der Waals surface area contributed by atoms with E-state index >= 15 is 0 Å². The first kappa shape index (κ1) is 15.7. The van der Waals surface area contributed by atoms with Gasteiger partial charge in [0.25, 0.3) is 0 Å². The number of rotatable bonds is 8. The lowest BCUT2D eigenvalue weighted by molar-refractivity contribution is 0.270. The molecule has 0 saturated heterocycles. The summed E-state index contributed by atoms with van der Waals surface area (Å²) in [4.78, 5) is 2.44. The maximum absolute atomic E-state index is 4.24. The molecule has 0 bridgehead atoms. The van der Waals surface area contributed by atoms with Crippen LogP contribution in [0.5, 0.6) is 0 Å². The van der Waals surface area contributed by atoms with Crippen molar-refractivity contribution in [1.82, 2.24) is 20.0 Å². The van der Waals surface area contributed by atoms with Crippen molar-refractivity contribution in [2.24, 2.45) is 0 Å². The van der Waals surface area contributed by atoms with Gasteiger partial charge in [0.15, 0.2) is 0 Å². The lowest BCUT2D eigenvalue weighted by Crippen LogP contribution is -2.38. The van der Waals surface area contributed by atoms with Crippen molar-refractivity contribution in [1.29, 1.82) is 0 Å². The van der Waals surface area contributed by atoms with Gasteiger partial charge in [-0.1, -0.05) is 26.0 Å². The van der Waals surface area contributed by atoms with E-state index in [9.17, 15) is 0 Å². The zero-order valence-electron chi connectivity index (χ0n) is 13.3. The summed E-state index contributed by atoms with van der Waals surface area (Å²) in [6, 6.07) is 11.0. The molecule has 1 aromatic heterocycles. The van der Waals surface area contributed by atoms with Gasteiger partial charge in [-0.25, -0.2) is 4.68 Å². The molecule has 4 heteroatoms. The quantitative estimate of drug-likeness (QED) is 0.810. The molecule has 0 aliphatic rings. The summed E-state index contributed by atoms with van der Waals surface area (Å²) in [6.45, 7) is 10.9. The van der Waals surface area contributed by atoms with Crippen LogP contribution in [0.25, 0.3) is 5.69 Å². The first-order chi connectivity index (χ1) is 10.2. The molecule has 0 radical (unpaired) electrons. The highest BCUT2D eigenvalue weighted by atomic mass is 15.3. The molecule has 0 aliphatic heterocycles. The molecular weight excluding hydrogens is 260 g/mol. The van der Waals surface area contributed by atoms with Gasteiger partial charge in [-0.3, -0.25) is 0 Å². The van der Waals surface area contributed by atoms with Crippen LogP contribution in [-0.4, -0.2) is 40.4 Å². The molecule has 0 aliphatic carbocycles. The summed E-state index contributed by atoms with van der Waals surface area (Å²) in [7, 11) is 0. The third kappa shape index (κ3) is 4.69. The maximum Gasteiger partial charge on any atom is 0.0645 e. The van der Waals surface area contributed by atoms with E-state index in [4.69, 9.17) is 0 Å². The minimum absolute atomic E-state index is 0.496. The molecule has 21 heavy (non-hydrogen) atoms. The van der Waals surface area contributed by atoms with E-state index in [-0.39, 0.29) is 0 Å². The summed E-state index contributed by atoms with van der Waals surface area (Å²) >= 11 is 0. The second-order valence-corrected chi connectivity index (χ2v) is 5.38. The Balaban J connectivity index is 1.83. The Hall–Kier alpha value is -1.65. The maximum atomic E-state index is 4.24. The summed E-state index contributed by atoms with van der Waals surface area (Å²) in [5, 5.41) is 7.83. The Morgan fingerprint density at radius 1 is 1.19 bits per heavy atom. The zero-order chi connectivity index (χ0) is 15.1. The van der Waals surface area contributed by atoms with Crippen molar-refractivity contribution in [2.45, 2.75) is 33.4 Å². The molecule has 0 saturated carbocycles. The van der Waals surface area contributed by atoms with E-state index < -0.39 is 0 Å². The predicted octanol–water partition coefficient (Wildman–Crippen LogP) is 2.69. The number of nitrogens with zero attached hydrogens (tertiary/aromatic N) is 3. The van der Waals surface area contributed by atoms with Gasteiger partial charge in [0.05, 0.1) is 5.69 Å². The summed E-state index contributed by atoms with van der Waals surface area (Å²) in [6.07, 6.45) is 3.75. The number of hydrogen-bond acceptors (Lipinski definition) is 3. The molecule has 0 spiro atoms. The van der Waals surface area contributed by atoms with Gasteiger partial charge >= 0.3 is 0 Å². The van der Waals surface area contributed by atoms with E-state index in [1.54, 1.807) is 6.20 Å². The van der Waals surface area contributed by atoms with E-state index in [0.29, 0.717) is 6.04 Å². The molecule has 0 amide bonds. The van der Waals surface area contributed by atoms with Crippen LogP contribution in [0.1, 0.15) is 26.3 Å². The van der Waals surface area contributed by atoms with Crippen LogP contribution >= 0.6 is 0 Å². The summed E-state index contributed by atoms with van der Waals surface area (Å²) in [5.41, 5.74) is 2.40. The van der Waals surface area contributed by atoms with Gasteiger partial charge in [-0.2, -0.15) is 5.10 Å². The van der Waals surface area contributed by atoms with Gasteiger partial charge in [-0.15, -0.1) is 0 Å². The number of nitrogens with one attached hydrogen (secondary N) is 1. The first-order valence-corrected chi connectivity index (χ1v) is 7.77. The Bertz CT molecular complexity index is 500. The second-order valence-electron chi connectivity index (χ2n) is 5.38. The van der Waals surface area contributed by atoms with Crippen LogP contribution in [0.4, 0.5) is 0 Å². The van der Waals surface area contributed by atoms with Crippen LogP contribution in [0.15, 0.2) is 42.7 Å². The standard InChI is InChI=1S/C17H26N4/c1-4-20(5-2)14-15(3)18-13-16-7-9-17(10-8-16)21-12-6-11-19-21/h6-12,15,18H,4-5,13-14H2,1-3H3. The molecule has 4 nitrogen and oxygen atoms in total. The molecule has 2 rings (SSSR count). The van der Waals surface area contributed by atoms with E-state index in [1.807, 2.05) is 16.9 Å². The van der Waals surface area contributed by atoms with Gasteiger partial charge in [0.1, 0.15) is 0 Å². The van der Waals surface area contributed by atoms with Crippen molar-refractivity contribution < 1.29 is 0 Å². The average Bonchev–Trinajstić information content (AvgIpc) is 3.05. The third-order valence-corrected chi connectivity index (χ3v) is 3.79. The van der Waals surface area contributed by atoms with Crippen molar-refractivity contribution in [3.8, 4) is 5.69 Å². The van der Waals surface area contributed by atoms with Crippen molar-refractivity contribution in [3.63, 3.8) is 0 Å². The largest absolute Gasteiger partial charge is 0.309 e. The van der Waals surface area contributed by atoms with Gasteiger partial charge in [0.2, 0.25) is 0 Å². The third-order valence-electron chi connectivity index (χ3n) is 3.79. The number of aromatic nitrogens is 2. The molecule has 2 aromatic rings. The molecule has 1 unspecified atom stereocenters. The van der Waals surface area contributed by atoms with Crippen LogP contribution in [0.2, 0.25) is 0 Å². The van der Waals surface area contributed by atoms with E-state index in [1.165, 1.54) is 5.56 Å². The molecular formula is C17H26N4. The van der Waals surface area contributed by atoms with E-state index in [2.05, 4.69) is 60.4 Å². The molecule has 0 fully saturated rings. The monoisotopic (exact) mass is 286 g/mol. The highest BCUT2D eigenvalue weighted by molar-refractivity contribution is 5.33. The summed E-state index contributed by atoms with van der Waals surface area (Å²) < 4.78 is 1.88. The van der Waals surface area contributed by atoms with Gasteiger partial charge < -0.3 is 10.2 Å². The number of hydrogen-bond donors (Lipinski definition) is 1. The van der Waals surface area contributed by atoms with Crippen LogP contribution in [0, 0.1) is 0 Å². The fraction of sp³-hybridized carbons (Fsp3) is 0.471. The SMILES string of the molecule is CCN(CC)CC(C)NCc1ccc(-n2cccn2)cc1. The van der Waals surface area contributed by atoms with Crippen molar-refractivity contribution in [2.75, 3.05) is 19.6 Å². The second kappa shape index (κ2) is 7.96. The number of likely N-dealkylation sites (N-methyl/N-ethyl adjacent to an activating group) is 1. The molecule has 1 heterocycles. The van der Waals surface area contributed by atoms with Gasteiger partial charge in [0, 0.05) is 31.5 Å². The Morgan fingerprint density at radius 2 is 1.90 bits per heavy atom. The smallest absolute Gasteiger partial charge is 0.0645 e. The highest BCUT2D eigenvalue weighted by Gasteiger charge is 2.06. The Morgan fingerprint density at radius 3 is 2.48 bits per heavy atom. The Labute approximate surface area is 127 Å². The van der Waals surface area contributed by atoms with Crippen molar-refractivity contribution >= 4 is 0 Å². The normalized spacial score (nSPS) is 12.8. The Kier molecular flexibility index (Phi) is 5.96. The topological polar surface area (TPSA) is 33.1 Å². The minimum Gasteiger partial charge on any atom is -0.309 e. The lowest BCUT2D eigenvalue weighted by Gasteiger charge is -2.23. The fourth-order valence-corrected chi connectivity index (χ4v) is 2.41. The first-order valence-electron chi connectivity index (χ1n) is 7.77. The number of benzene rings is 1. The average molecular weight is 286 g/mol. The van der Waals surface area contributed by atoms with Crippen LogP contribution in [-0.2, 0) is 6.54 Å². The molecule has 1 N–H and O–H groups in total. The molecule has 1 atom stereocenters. The zero-order valence-corrected chi connectivity index (χ0v) is 13.3. The fourth-order valence-electron chi connectivity index (χ4n) is 2.41. The summed E-state index contributed by atoms with van der Waals surface area (Å²) in [5.74, 6) is 0. The van der Waals surface area contributed by atoms with Crippen LogP contribution < -0.4 is 5.32 Å². The van der Waals surface area contributed by atoms with E-state index in [0.717, 1.165) is 31.9 Å². The molecule has 114 valence electrons. The van der Waals surface area contributed by atoms with Crippen LogP contribution in [0.3, 0.4) is 0 Å². The highest BCUT2D eigenvalue weighted by Crippen LogP contribution is 2.08. The predicted molar refractivity (Wildman–Crippen MR) is 87.7 cm³/mol. The molecule has 1 aromatic carbocycles. The lowest BCUT2D eigenvalue weighted by atomic mass is 10.2. The van der Waals surface area contributed by atoms with Gasteiger partial charge in [-0.05, 0) is 43.8 Å². The minimum atomic E-state index is 0.496.